The molecule has 2 heterocycles. The zero-order chi connectivity index (χ0) is 14.1. The van der Waals surface area contributed by atoms with Crippen LogP contribution < -0.4 is 0 Å². The van der Waals surface area contributed by atoms with Crippen LogP contribution in [0.1, 0.15) is 25.0 Å². The van der Waals surface area contributed by atoms with Crippen molar-refractivity contribution >= 4 is 0 Å². The van der Waals surface area contributed by atoms with E-state index in [1.54, 1.807) is 0 Å². The predicted molar refractivity (Wildman–Crippen MR) is 79.1 cm³/mol. The van der Waals surface area contributed by atoms with Gasteiger partial charge in [0.1, 0.15) is 0 Å². The Labute approximate surface area is 117 Å². The highest BCUT2D eigenvalue weighted by Crippen LogP contribution is 2.08. The van der Waals surface area contributed by atoms with Crippen LogP contribution in [0.25, 0.3) is 0 Å². The molecule has 1 aromatic heterocycles. The van der Waals surface area contributed by atoms with Crippen molar-refractivity contribution in [2.24, 2.45) is 0 Å². The van der Waals surface area contributed by atoms with Crippen LogP contribution in [0.5, 0.6) is 0 Å². The molecule has 108 valence electrons. The highest BCUT2D eigenvalue weighted by Gasteiger charge is 2.16. The molecule has 0 bridgehead atoms. The van der Waals surface area contributed by atoms with E-state index < -0.39 is 0 Å². The Kier molecular flexibility index (Phi) is 7.63. The van der Waals surface area contributed by atoms with Gasteiger partial charge in [0.15, 0.2) is 0 Å². The highest BCUT2D eigenvalue weighted by atomic mass is 16.3. The molecule has 0 amide bonds. The van der Waals surface area contributed by atoms with Gasteiger partial charge in [-0.3, -0.25) is 14.8 Å². The Bertz CT molecular complexity index is 349. The largest absolute Gasteiger partial charge is 0.395 e. The number of aryl methyl sites for hydroxylation is 1. The first kappa shape index (κ1) is 16.1. The third kappa shape index (κ3) is 5.68. The van der Waals surface area contributed by atoms with Crippen LogP contribution in [-0.4, -0.2) is 59.2 Å². The van der Waals surface area contributed by atoms with E-state index in [-0.39, 0.29) is 6.61 Å². The SMILES string of the molecule is CC.Cc1cncc(CN2CCN(CCO)CC2)c1. The van der Waals surface area contributed by atoms with E-state index in [4.69, 9.17) is 5.11 Å². The van der Waals surface area contributed by atoms with Crippen LogP contribution in [0.15, 0.2) is 18.5 Å². The summed E-state index contributed by atoms with van der Waals surface area (Å²) >= 11 is 0. The lowest BCUT2D eigenvalue weighted by Crippen LogP contribution is -2.46. The van der Waals surface area contributed by atoms with Gasteiger partial charge >= 0.3 is 0 Å². The van der Waals surface area contributed by atoms with E-state index in [1.807, 2.05) is 26.2 Å². The number of hydrogen-bond donors (Lipinski definition) is 1. The summed E-state index contributed by atoms with van der Waals surface area (Å²) in [4.78, 5) is 8.98. The van der Waals surface area contributed by atoms with E-state index in [9.17, 15) is 0 Å². The summed E-state index contributed by atoms with van der Waals surface area (Å²) in [6, 6.07) is 2.20. The molecule has 19 heavy (non-hydrogen) atoms. The van der Waals surface area contributed by atoms with Crippen LogP contribution >= 0.6 is 0 Å². The minimum Gasteiger partial charge on any atom is -0.395 e. The van der Waals surface area contributed by atoms with Crippen LogP contribution in [0.2, 0.25) is 0 Å². The van der Waals surface area contributed by atoms with Gasteiger partial charge in [0.25, 0.3) is 0 Å². The van der Waals surface area contributed by atoms with Crippen molar-refractivity contribution in [2.75, 3.05) is 39.3 Å². The highest BCUT2D eigenvalue weighted by molar-refractivity contribution is 5.16. The van der Waals surface area contributed by atoms with E-state index in [0.29, 0.717) is 0 Å². The van der Waals surface area contributed by atoms with Crippen molar-refractivity contribution in [1.82, 2.24) is 14.8 Å². The average molecular weight is 265 g/mol. The molecule has 0 saturated carbocycles. The Hall–Kier alpha value is -0.970. The third-order valence-corrected chi connectivity index (χ3v) is 3.22. The van der Waals surface area contributed by atoms with Gasteiger partial charge in [-0.25, -0.2) is 0 Å². The molecular weight excluding hydrogens is 238 g/mol. The number of pyridine rings is 1. The minimum absolute atomic E-state index is 0.266. The number of hydrogen-bond acceptors (Lipinski definition) is 4. The maximum absolute atomic E-state index is 8.89. The Morgan fingerprint density at radius 3 is 2.32 bits per heavy atom. The van der Waals surface area contributed by atoms with Crippen molar-refractivity contribution in [1.29, 1.82) is 0 Å². The van der Waals surface area contributed by atoms with Gasteiger partial charge < -0.3 is 5.11 Å². The molecule has 1 aliphatic heterocycles. The fourth-order valence-electron chi connectivity index (χ4n) is 2.27. The van der Waals surface area contributed by atoms with Crippen LogP contribution in [0, 0.1) is 6.92 Å². The number of aromatic nitrogens is 1. The first-order valence-electron chi connectivity index (χ1n) is 7.24. The smallest absolute Gasteiger partial charge is 0.0558 e. The fourth-order valence-corrected chi connectivity index (χ4v) is 2.27. The normalized spacial score (nSPS) is 16.8. The van der Waals surface area contributed by atoms with Crippen molar-refractivity contribution in [3.63, 3.8) is 0 Å². The van der Waals surface area contributed by atoms with Crippen LogP contribution in [0.3, 0.4) is 0 Å². The van der Waals surface area contributed by atoms with Gasteiger partial charge in [-0.2, -0.15) is 0 Å². The number of aliphatic hydroxyl groups is 1. The lowest BCUT2D eigenvalue weighted by atomic mass is 10.2. The van der Waals surface area contributed by atoms with Crippen molar-refractivity contribution in [3.05, 3.63) is 29.6 Å². The zero-order valence-corrected chi connectivity index (χ0v) is 12.5. The average Bonchev–Trinajstić information content (AvgIpc) is 2.44. The topological polar surface area (TPSA) is 39.6 Å². The summed E-state index contributed by atoms with van der Waals surface area (Å²) < 4.78 is 0. The Balaban J connectivity index is 0.000000861. The number of rotatable bonds is 4. The summed E-state index contributed by atoms with van der Waals surface area (Å²) in [6.45, 7) is 12.4. The maximum atomic E-state index is 8.89. The second-order valence-electron chi connectivity index (χ2n) is 4.71. The van der Waals surface area contributed by atoms with Crippen molar-refractivity contribution in [2.45, 2.75) is 27.3 Å². The molecule has 1 fully saturated rings. The molecule has 0 aromatic carbocycles. The quantitative estimate of drug-likeness (QED) is 0.896. The monoisotopic (exact) mass is 265 g/mol. The van der Waals surface area contributed by atoms with Gasteiger partial charge in [0.05, 0.1) is 6.61 Å². The number of β-amino-alcohol motifs (C(OH)–C–C–N with tert-alkyl or cyclic N) is 1. The predicted octanol–water partition coefficient (Wildman–Crippen LogP) is 1.53. The Morgan fingerprint density at radius 2 is 1.74 bits per heavy atom. The van der Waals surface area contributed by atoms with Crippen LogP contribution in [-0.2, 0) is 6.54 Å². The molecule has 1 aliphatic rings. The fraction of sp³-hybridized carbons (Fsp3) is 0.667. The van der Waals surface area contributed by atoms with Crippen molar-refractivity contribution < 1.29 is 5.11 Å². The number of piperazine rings is 1. The summed E-state index contributed by atoms with van der Waals surface area (Å²) in [5.41, 5.74) is 2.52. The van der Waals surface area contributed by atoms with E-state index in [1.165, 1.54) is 11.1 Å². The van der Waals surface area contributed by atoms with Gasteiger partial charge in [-0.05, 0) is 18.1 Å². The first-order valence-corrected chi connectivity index (χ1v) is 7.24. The van der Waals surface area contributed by atoms with Crippen LogP contribution in [0.4, 0.5) is 0 Å². The molecule has 2 rings (SSSR count). The van der Waals surface area contributed by atoms with E-state index in [2.05, 4.69) is 27.8 Å². The van der Waals surface area contributed by atoms with Gasteiger partial charge in [0, 0.05) is 51.7 Å². The lowest BCUT2D eigenvalue weighted by molar-refractivity contribution is 0.108. The molecule has 1 saturated heterocycles. The standard InChI is InChI=1S/C13H21N3O.C2H6/c1-12-8-13(10-14-9-12)11-16-4-2-15(3-5-16)6-7-17;1-2/h8-10,17H,2-7,11H2,1H3;1-2H3. The molecule has 0 radical (unpaired) electrons. The summed E-state index contributed by atoms with van der Waals surface area (Å²) in [7, 11) is 0. The molecular formula is C15H27N3O. The summed E-state index contributed by atoms with van der Waals surface area (Å²) in [6.07, 6.45) is 3.84. The van der Waals surface area contributed by atoms with Gasteiger partial charge in [-0.15, -0.1) is 0 Å². The summed E-state index contributed by atoms with van der Waals surface area (Å²) in [5.74, 6) is 0. The second-order valence-corrected chi connectivity index (χ2v) is 4.71. The number of nitrogens with zero attached hydrogens (tertiary/aromatic N) is 3. The molecule has 0 spiro atoms. The molecule has 0 unspecified atom stereocenters. The molecule has 0 atom stereocenters. The summed E-state index contributed by atoms with van der Waals surface area (Å²) in [5, 5.41) is 8.89. The molecule has 1 aromatic rings. The second kappa shape index (κ2) is 9.02. The van der Waals surface area contributed by atoms with Crippen molar-refractivity contribution in [3.8, 4) is 0 Å². The number of aliphatic hydroxyl groups excluding tert-OH is 1. The molecule has 1 N–H and O–H groups in total. The third-order valence-electron chi connectivity index (χ3n) is 3.22. The maximum Gasteiger partial charge on any atom is 0.0558 e. The molecule has 0 aliphatic carbocycles. The zero-order valence-electron chi connectivity index (χ0n) is 12.5. The molecule has 4 heteroatoms. The first-order chi connectivity index (χ1) is 9.28. The van der Waals surface area contributed by atoms with Gasteiger partial charge in [-0.1, -0.05) is 19.9 Å². The minimum atomic E-state index is 0.266. The molecule has 4 nitrogen and oxygen atoms in total. The Morgan fingerprint density at radius 1 is 1.11 bits per heavy atom. The van der Waals surface area contributed by atoms with Gasteiger partial charge in [0.2, 0.25) is 0 Å². The van der Waals surface area contributed by atoms with E-state index in [0.717, 1.165) is 39.3 Å². The lowest BCUT2D eigenvalue weighted by Gasteiger charge is -2.34. The van der Waals surface area contributed by atoms with E-state index >= 15 is 0 Å².